The molecule has 2 aliphatic heterocycles. The molecule has 0 radical (unpaired) electrons. The second-order valence-corrected chi connectivity index (χ2v) is 11.9. The molecule has 2 aliphatic rings. The fourth-order valence-corrected chi connectivity index (χ4v) is 5.85. The van der Waals surface area contributed by atoms with Gasteiger partial charge in [-0.15, -0.1) is 0 Å². The number of methoxy groups -OCH3 is 1. The van der Waals surface area contributed by atoms with Crippen LogP contribution in [-0.4, -0.2) is 117 Å². The molecule has 2 heterocycles. The highest BCUT2D eigenvalue weighted by atomic mass is 19.4. The number of piperazine rings is 1. The van der Waals surface area contributed by atoms with E-state index in [0.29, 0.717) is 31.9 Å². The molecule has 0 saturated carbocycles. The van der Waals surface area contributed by atoms with Gasteiger partial charge in [0.25, 0.3) is 5.69 Å². The highest BCUT2D eigenvalue weighted by Crippen LogP contribution is 2.44. The fourth-order valence-electron chi connectivity index (χ4n) is 5.85. The lowest BCUT2D eigenvalue weighted by molar-refractivity contribution is -0.384. The summed E-state index contributed by atoms with van der Waals surface area (Å²) in [6, 6.07) is 14.0. The SMILES string of the molecule is COC(=O)C1=C(C(F)(F)F)NC(C)=C(C(=O)OCCN2CCN(CCCNCC(O)COc3ccccc3)CC2)C1c1cccc([N+](=O)[O-])c1. The van der Waals surface area contributed by atoms with Gasteiger partial charge in [-0.05, 0) is 44.1 Å². The molecule has 2 atom stereocenters. The highest BCUT2D eigenvalue weighted by Gasteiger charge is 2.47. The lowest BCUT2D eigenvalue weighted by Crippen LogP contribution is -2.48. The third-order valence-corrected chi connectivity index (χ3v) is 8.39. The van der Waals surface area contributed by atoms with Gasteiger partial charge in [-0.3, -0.25) is 15.0 Å². The molecule has 272 valence electrons. The van der Waals surface area contributed by atoms with E-state index in [1.54, 1.807) is 0 Å². The Labute approximate surface area is 287 Å². The number of dihydropyridines is 1. The lowest BCUT2D eigenvalue weighted by Gasteiger charge is -2.35. The van der Waals surface area contributed by atoms with Crippen molar-refractivity contribution in [3.63, 3.8) is 0 Å². The molecule has 0 aliphatic carbocycles. The monoisotopic (exact) mass is 705 g/mol. The second kappa shape index (κ2) is 17.9. The molecular formula is C34H42F3N5O8. The summed E-state index contributed by atoms with van der Waals surface area (Å²) < 4.78 is 58.1. The van der Waals surface area contributed by atoms with E-state index in [-0.39, 0.29) is 30.0 Å². The molecule has 0 bridgehead atoms. The zero-order chi connectivity index (χ0) is 36.3. The van der Waals surface area contributed by atoms with E-state index in [9.17, 15) is 38.0 Å². The van der Waals surface area contributed by atoms with Crippen molar-refractivity contribution >= 4 is 17.6 Å². The summed E-state index contributed by atoms with van der Waals surface area (Å²) in [5, 5.41) is 27.0. The molecule has 4 rings (SSSR count). The second-order valence-electron chi connectivity index (χ2n) is 11.9. The van der Waals surface area contributed by atoms with Crippen molar-refractivity contribution in [2.45, 2.75) is 31.5 Å². The molecule has 1 saturated heterocycles. The van der Waals surface area contributed by atoms with E-state index in [4.69, 9.17) is 9.47 Å². The molecule has 50 heavy (non-hydrogen) atoms. The predicted octanol–water partition coefficient (Wildman–Crippen LogP) is 3.13. The molecule has 2 aromatic carbocycles. The van der Waals surface area contributed by atoms with Crippen molar-refractivity contribution in [2.75, 3.05) is 72.7 Å². The number of alkyl halides is 3. The summed E-state index contributed by atoms with van der Waals surface area (Å²) in [5.41, 5.74) is -3.32. The number of hydrogen-bond donors (Lipinski definition) is 3. The van der Waals surface area contributed by atoms with Crippen LogP contribution < -0.4 is 15.4 Å². The van der Waals surface area contributed by atoms with Gasteiger partial charge in [-0.1, -0.05) is 30.3 Å². The standard InChI is InChI=1S/C34H42F3N5O8/c1-23-28(29(24-8-6-9-25(20-24)42(46)47)30(32(44)48-2)31(39-23)34(35,36)37)33(45)49-19-18-41-16-14-40(15-17-41)13-7-12-38-21-26(43)22-50-27-10-4-3-5-11-27/h3-6,8-11,20,26,29,38-39,43H,7,12-19,21-22H2,1-2H3. The van der Waals surface area contributed by atoms with Gasteiger partial charge in [0.1, 0.15) is 30.8 Å². The van der Waals surface area contributed by atoms with Gasteiger partial charge in [0.15, 0.2) is 0 Å². The van der Waals surface area contributed by atoms with E-state index in [1.807, 2.05) is 30.3 Å². The van der Waals surface area contributed by atoms with Crippen molar-refractivity contribution in [2.24, 2.45) is 0 Å². The number of nitro benzene ring substituents is 1. The Morgan fingerprint density at radius 1 is 1.04 bits per heavy atom. The number of benzene rings is 2. The summed E-state index contributed by atoms with van der Waals surface area (Å²) in [4.78, 5) is 41.4. The molecule has 0 spiro atoms. The van der Waals surface area contributed by atoms with Crippen LogP contribution in [0, 0.1) is 10.1 Å². The predicted molar refractivity (Wildman–Crippen MR) is 176 cm³/mol. The number of carbonyl (C=O) groups is 2. The number of nitrogens with zero attached hydrogens (tertiary/aromatic N) is 3. The van der Waals surface area contributed by atoms with Crippen LogP contribution >= 0.6 is 0 Å². The average Bonchev–Trinajstić information content (AvgIpc) is 3.10. The summed E-state index contributed by atoms with van der Waals surface area (Å²) in [7, 11) is 0.907. The average molecular weight is 706 g/mol. The topological polar surface area (TPSA) is 156 Å². The molecule has 13 nitrogen and oxygen atoms in total. The Morgan fingerprint density at radius 2 is 1.72 bits per heavy atom. The van der Waals surface area contributed by atoms with Crippen LogP contribution in [0.1, 0.15) is 24.8 Å². The Kier molecular flexibility index (Phi) is 13.7. The van der Waals surface area contributed by atoms with Crippen LogP contribution in [0.4, 0.5) is 18.9 Å². The molecule has 2 unspecified atom stereocenters. The maximum atomic E-state index is 14.1. The van der Waals surface area contributed by atoms with Crippen molar-refractivity contribution in [1.82, 2.24) is 20.4 Å². The molecule has 0 aromatic heterocycles. The quantitative estimate of drug-likeness (QED) is 0.102. The van der Waals surface area contributed by atoms with Crippen molar-refractivity contribution in [3.8, 4) is 5.75 Å². The number of nitro groups is 1. The number of para-hydroxylation sites is 1. The van der Waals surface area contributed by atoms with Gasteiger partial charge in [0.2, 0.25) is 0 Å². The van der Waals surface area contributed by atoms with Gasteiger partial charge in [0, 0.05) is 57.1 Å². The maximum Gasteiger partial charge on any atom is 0.431 e. The number of esters is 2. The maximum absolute atomic E-state index is 14.1. The van der Waals surface area contributed by atoms with E-state index >= 15 is 0 Å². The van der Waals surface area contributed by atoms with E-state index < -0.39 is 52.0 Å². The minimum Gasteiger partial charge on any atom is -0.491 e. The minimum atomic E-state index is -5.03. The van der Waals surface area contributed by atoms with Crippen LogP contribution in [0.15, 0.2) is 77.1 Å². The highest BCUT2D eigenvalue weighted by molar-refractivity contribution is 6.00. The van der Waals surface area contributed by atoms with Crippen LogP contribution in [0.3, 0.4) is 0 Å². The van der Waals surface area contributed by atoms with Crippen LogP contribution in [0.25, 0.3) is 0 Å². The summed E-state index contributed by atoms with van der Waals surface area (Å²) >= 11 is 0. The molecule has 16 heteroatoms. The molecule has 3 N–H and O–H groups in total. The largest absolute Gasteiger partial charge is 0.491 e. The number of halogens is 3. The van der Waals surface area contributed by atoms with Crippen LogP contribution in [0.2, 0.25) is 0 Å². The van der Waals surface area contributed by atoms with E-state index in [1.165, 1.54) is 19.1 Å². The number of rotatable bonds is 16. The van der Waals surface area contributed by atoms with Crippen molar-refractivity contribution < 1.29 is 47.0 Å². The van der Waals surface area contributed by atoms with Gasteiger partial charge >= 0.3 is 18.1 Å². The van der Waals surface area contributed by atoms with Gasteiger partial charge in [0.05, 0.1) is 29.1 Å². The summed E-state index contributed by atoms with van der Waals surface area (Å²) in [6.07, 6.45) is -4.77. The van der Waals surface area contributed by atoms with Crippen molar-refractivity contribution in [3.05, 3.63) is 92.8 Å². The first-order valence-corrected chi connectivity index (χ1v) is 16.2. The van der Waals surface area contributed by atoms with E-state index in [2.05, 4.69) is 25.2 Å². The first-order chi connectivity index (χ1) is 23.9. The first kappa shape index (κ1) is 38.3. The number of ether oxygens (including phenoxy) is 3. The normalized spacial score (nSPS) is 18.0. The minimum absolute atomic E-state index is 0.0685. The zero-order valence-electron chi connectivity index (χ0n) is 27.9. The number of nitrogens with one attached hydrogen (secondary N) is 2. The third kappa shape index (κ3) is 10.5. The first-order valence-electron chi connectivity index (χ1n) is 16.2. The van der Waals surface area contributed by atoms with Gasteiger partial charge in [-0.2, -0.15) is 13.2 Å². The van der Waals surface area contributed by atoms with Crippen molar-refractivity contribution in [1.29, 1.82) is 0 Å². The number of allylic oxidation sites excluding steroid dienone is 2. The Hall–Kier alpha value is -4.51. The van der Waals surface area contributed by atoms with Gasteiger partial charge < -0.3 is 34.9 Å². The van der Waals surface area contributed by atoms with Crippen LogP contribution in [-0.2, 0) is 19.1 Å². The smallest absolute Gasteiger partial charge is 0.431 e. The van der Waals surface area contributed by atoms with E-state index in [0.717, 1.165) is 51.8 Å². The zero-order valence-corrected chi connectivity index (χ0v) is 27.9. The Bertz CT molecular complexity index is 1540. The Morgan fingerprint density at radius 3 is 2.36 bits per heavy atom. The lowest BCUT2D eigenvalue weighted by atomic mass is 9.80. The number of aliphatic hydroxyl groups excluding tert-OH is 1. The summed E-state index contributed by atoms with van der Waals surface area (Å²) in [5.74, 6) is -3.24. The number of hydrogen-bond acceptors (Lipinski definition) is 12. The molecule has 2 aromatic rings. The number of aliphatic hydroxyl groups is 1. The van der Waals surface area contributed by atoms with Crippen LogP contribution in [0.5, 0.6) is 5.75 Å². The number of non-ortho nitro benzene ring substituents is 1. The number of carbonyl (C=O) groups excluding carboxylic acids is 2. The molecular weight excluding hydrogens is 663 g/mol. The van der Waals surface area contributed by atoms with Gasteiger partial charge in [-0.25, -0.2) is 9.59 Å². The third-order valence-electron chi connectivity index (χ3n) is 8.39. The summed E-state index contributed by atoms with van der Waals surface area (Å²) in [6.45, 7) is 6.77. The Balaban J connectivity index is 1.27. The molecule has 1 fully saturated rings. The fraction of sp³-hybridized carbons (Fsp3) is 0.471. The molecule has 0 amide bonds.